The number of hydrogen-bond acceptors (Lipinski definition) is 16. The summed E-state index contributed by atoms with van der Waals surface area (Å²) in [5, 5.41) is 41.4. The second-order valence-electron chi connectivity index (χ2n) is 9.59. The van der Waals surface area contributed by atoms with Crippen LogP contribution in [0.5, 0.6) is 5.75 Å². The van der Waals surface area contributed by atoms with Crippen LogP contribution in [-0.2, 0) is 29.5 Å². The van der Waals surface area contributed by atoms with Gasteiger partial charge in [0.15, 0.2) is 16.6 Å². The number of rotatable bonds is 11. The summed E-state index contributed by atoms with van der Waals surface area (Å²) in [7, 11) is -5.18. The van der Waals surface area contributed by atoms with Crippen LogP contribution in [-0.4, -0.2) is 101 Å². The molecule has 0 radical (unpaired) electrons. The van der Waals surface area contributed by atoms with Gasteiger partial charge in [-0.15, -0.1) is 11.3 Å². The Morgan fingerprint density at radius 2 is 1.96 bits per heavy atom. The zero-order valence-electron chi connectivity index (χ0n) is 22.8. The number of carbonyl (C=O) groups excluding carboxylic acids is 3. The van der Waals surface area contributed by atoms with Crippen molar-refractivity contribution in [2.24, 2.45) is 5.16 Å². The Labute approximate surface area is 254 Å². The van der Waals surface area contributed by atoms with Gasteiger partial charge in [-0.1, -0.05) is 10.3 Å². The summed E-state index contributed by atoms with van der Waals surface area (Å²) in [5.41, 5.74) is 1.53. The van der Waals surface area contributed by atoms with Crippen LogP contribution < -0.4 is 21.8 Å². The lowest BCUT2D eigenvalue weighted by Crippen LogP contribution is -2.74. The first kappa shape index (κ1) is 32.4. The van der Waals surface area contributed by atoms with Crippen LogP contribution in [0.1, 0.15) is 30.1 Å². The van der Waals surface area contributed by atoms with Gasteiger partial charge in [0.25, 0.3) is 17.7 Å². The van der Waals surface area contributed by atoms with Crippen molar-refractivity contribution in [2.45, 2.75) is 31.5 Å². The van der Waals surface area contributed by atoms with Gasteiger partial charge in [-0.25, -0.2) is 14.1 Å². The number of anilines is 1. The molecule has 1 saturated heterocycles. The minimum absolute atomic E-state index is 0.00732. The molecule has 3 amide bonds. The fourth-order valence-corrected chi connectivity index (χ4v) is 5.09. The largest absolute Gasteiger partial charge is 0.503 e. The molecule has 1 fully saturated rings. The third-order valence-electron chi connectivity index (χ3n) is 6.04. The molecule has 0 spiro atoms. The average Bonchev–Trinajstić information content (AvgIpc) is 3.60. The lowest BCUT2D eigenvalue weighted by molar-refractivity contribution is -0.161. The van der Waals surface area contributed by atoms with Crippen LogP contribution in [0.25, 0.3) is 11.4 Å². The molecule has 0 aromatic carbocycles. The Morgan fingerprint density at radius 3 is 2.56 bits per heavy atom. The van der Waals surface area contributed by atoms with Crippen molar-refractivity contribution in [1.29, 1.82) is 0 Å². The van der Waals surface area contributed by atoms with Crippen molar-refractivity contribution in [2.75, 3.05) is 12.3 Å². The average molecular weight is 671 g/mol. The van der Waals surface area contributed by atoms with Crippen LogP contribution in [0.2, 0.25) is 0 Å². The van der Waals surface area contributed by atoms with Crippen molar-refractivity contribution in [3.63, 3.8) is 0 Å². The van der Waals surface area contributed by atoms with E-state index < -0.39 is 80.9 Å². The van der Waals surface area contributed by atoms with Crippen molar-refractivity contribution in [1.82, 2.24) is 29.8 Å². The lowest BCUT2D eigenvalue weighted by atomic mass is 9.98. The molecule has 0 saturated carbocycles. The first-order valence-corrected chi connectivity index (χ1v) is 14.4. The minimum Gasteiger partial charge on any atom is -0.503 e. The highest BCUT2D eigenvalue weighted by molar-refractivity contribution is 7.84. The van der Waals surface area contributed by atoms with Gasteiger partial charge in [0.05, 0.1) is 12.2 Å². The quantitative estimate of drug-likeness (QED) is 0.0381. The summed E-state index contributed by atoms with van der Waals surface area (Å²) >= 11 is 0.888. The van der Waals surface area contributed by atoms with Gasteiger partial charge in [0.2, 0.25) is 16.8 Å². The first-order chi connectivity index (χ1) is 20.9. The number of aromatic nitrogens is 3. The molecule has 4 heterocycles. The van der Waals surface area contributed by atoms with Crippen molar-refractivity contribution < 1.29 is 56.9 Å². The van der Waals surface area contributed by atoms with E-state index in [9.17, 15) is 52.4 Å². The molecule has 1 aliphatic heterocycles. The third kappa shape index (κ3) is 6.68. The summed E-state index contributed by atoms with van der Waals surface area (Å²) in [4.78, 5) is 70.5. The maximum Gasteiger partial charge on any atom is 0.362 e. The second kappa shape index (κ2) is 11.9. The number of amides is 3. The van der Waals surface area contributed by atoms with Gasteiger partial charge in [-0.2, -0.15) is 13.1 Å². The smallest absolute Gasteiger partial charge is 0.362 e. The first-order valence-electron chi connectivity index (χ1n) is 12.1. The number of hydrogen-bond donors (Lipinski definition) is 7. The van der Waals surface area contributed by atoms with Gasteiger partial charge in [0.1, 0.15) is 23.1 Å². The Kier molecular flexibility index (Phi) is 8.53. The number of carboxylic acid groups (broad SMARTS) is 1. The van der Waals surface area contributed by atoms with E-state index >= 15 is 0 Å². The van der Waals surface area contributed by atoms with Crippen molar-refractivity contribution in [3.8, 4) is 17.1 Å². The highest BCUT2D eigenvalue weighted by Gasteiger charge is 2.54. The van der Waals surface area contributed by atoms with E-state index in [2.05, 4.69) is 25.9 Å². The molecular formula is C22H22N8O13S2. The Bertz CT molecular complexity index is 1900. The normalized spacial score (nSPS) is 17.0. The van der Waals surface area contributed by atoms with Gasteiger partial charge in [-0.05, 0) is 13.8 Å². The maximum atomic E-state index is 13.2. The molecule has 0 unspecified atom stereocenters. The fourth-order valence-electron chi connectivity index (χ4n) is 3.66. The standard InChI is InChI=1S/C22H22N8O13S2/c1-22(2,20(36)37)43-28-15(9-7-44-21(23)25-9)18(34)26-16-11(30(19(16)35)45(39,40)41)5-24-17(33)14-3-8(27-42-14)10-4-12(31)13(32)6-29(10)38/h3-4,6-7,11,16,32,38H,5H2,1-2H3,(H2,23,25)(H,24,33)(H,26,34)(H,36,37)(H,39,40,41)/b28-15-/t11-,16+/m1/s1. The van der Waals surface area contributed by atoms with Crippen LogP contribution in [0.3, 0.4) is 0 Å². The van der Waals surface area contributed by atoms with E-state index in [0.29, 0.717) is 10.9 Å². The van der Waals surface area contributed by atoms with Gasteiger partial charge >= 0.3 is 16.3 Å². The summed E-state index contributed by atoms with van der Waals surface area (Å²) in [6.45, 7) is 1.56. The number of carboxylic acids is 1. The minimum atomic E-state index is -5.18. The van der Waals surface area contributed by atoms with Crippen molar-refractivity contribution in [3.05, 3.63) is 45.4 Å². The number of pyridine rings is 1. The lowest BCUT2D eigenvalue weighted by Gasteiger charge is -2.44. The third-order valence-corrected chi connectivity index (χ3v) is 7.67. The molecule has 1 aliphatic rings. The summed E-state index contributed by atoms with van der Waals surface area (Å²) in [6, 6.07) is -1.49. The summed E-state index contributed by atoms with van der Waals surface area (Å²) in [5.74, 6) is -6.24. The zero-order valence-corrected chi connectivity index (χ0v) is 24.4. The van der Waals surface area contributed by atoms with E-state index in [1.54, 1.807) is 0 Å². The SMILES string of the molecule is CC(C)(O/N=C(\C(=O)N[C@@H]1C(=O)N(S(=O)(=O)O)[C@@H]1CNC(=O)c1cc(-c2cc(=O)c(O)cn2O)no1)c1csc(N)n1)C(=O)O. The van der Waals surface area contributed by atoms with E-state index in [0.717, 1.165) is 37.3 Å². The highest BCUT2D eigenvalue weighted by atomic mass is 32.2. The molecule has 8 N–H and O–H groups in total. The Morgan fingerprint density at radius 1 is 1.27 bits per heavy atom. The number of nitrogens with one attached hydrogen (secondary N) is 2. The number of carbonyl (C=O) groups is 4. The monoisotopic (exact) mass is 670 g/mol. The number of oxime groups is 1. The van der Waals surface area contributed by atoms with Gasteiger partial charge < -0.3 is 41.1 Å². The molecule has 21 nitrogen and oxygen atoms in total. The van der Waals surface area contributed by atoms with E-state index in [1.807, 2.05) is 0 Å². The van der Waals surface area contributed by atoms with Gasteiger partial charge in [-0.3, -0.25) is 23.7 Å². The Hall–Kier alpha value is -5.55. The van der Waals surface area contributed by atoms with Crippen LogP contribution in [0, 0.1) is 0 Å². The van der Waals surface area contributed by atoms with Crippen LogP contribution >= 0.6 is 11.3 Å². The topological polar surface area (TPSA) is 319 Å². The van der Waals surface area contributed by atoms with Crippen molar-refractivity contribution >= 4 is 56.2 Å². The molecule has 4 rings (SSSR count). The number of aromatic hydroxyl groups is 1. The predicted octanol–water partition coefficient (Wildman–Crippen LogP) is -2.00. The molecule has 3 aromatic rings. The molecule has 23 heteroatoms. The molecule has 3 aromatic heterocycles. The molecule has 2 atom stereocenters. The number of nitrogens with zero attached hydrogens (tertiary/aromatic N) is 5. The predicted molar refractivity (Wildman–Crippen MR) is 147 cm³/mol. The highest BCUT2D eigenvalue weighted by Crippen LogP contribution is 2.25. The summed E-state index contributed by atoms with van der Waals surface area (Å²) in [6.07, 6.45) is 0.677. The maximum absolute atomic E-state index is 13.2. The van der Waals surface area contributed by atoms with Crippen LogP contribution in [0.15, 0.2) is 38.2 Å². The van der Waals surface area contributed by atoms with E-state index in [4.69, 9.17) is 15.1 Å². The van der Waals surface area contributed by atoms with E-state index in [-0.39, 0.29) is 26.5 Å². The molecule has 0 bridgehead atoms. The Balaban J connectivity index is 1.54. The van der Waals surface area contributed by atoms with Gasteiger partial charge in [0, 0.05) is 24.1 Å². The van der Waals surface area contributed by atoms with E-state index in [1.165, 1.54) is 5.38 Å². The number of nitrogen functional groups attached to an aromatic ring is 1. The number of β-lactam (4-membered cyclic amide) rings is 1. The molecule has 45 heavy (non-hydrogen) atoms. The fraction of sp³-hybridized carbons (Fsp3) is 0.273. The number of thiazole rings is 1. The number of nitrogens with two attached hydrogens (primary N) is 1. The zero-order chi connectivity index (χ0) is 33.4. The molecule has 240 valence electrons. The second-order valence-corrected chi connectivity index (χ2v) is 11.8. The number of aliphatic carboxylic acids is 1. The molecule has 0 aliphatic carbocycles. The molecular weight excluding hydrogens is 648 g/mol. The van der Waals surface area contributed by atoms with Crippen LogP contribution in [0.4, 0.5) is 5.13 Å². The summed E-state index contributed by atoms with van der Waals surface area (Å²) < 4.78 is 38.5.